The van der Waals surface area contributed by atoms with Crippen molar-refractivity contribution in [1.82, 2.24) is 0 Å². The molecular formula is C8H7N5O. The lowest BCUT2D eigenvalue weighted by Crippen LogP contribution is -1.95. The highest BCUT2D eigenvalue weighted by Crippen LogP contribution is 2.21. The molecule has 1 aromatic carbocycles. The number of hydrogen-bond donors (Lipinski definition) is 3. The molecule has 0 saturated carbocycles. The Balaban J connectivity index is 2.81. The molecule has 0 aromatic heterocycles. The van der Waals surface area contributed by atoms with E-state index in [9.17, 15) is 5.11 Å². The topological polar surface area (TPSA) is 105 Å². The quantitative estimate of drug-likeness (QED) is 0.216. The SMILES string of the molecule is N#CC(N=N)=NNc1ccccc1O. The molecular weight excluding hydrogens is 182 g/mol. The molecule has 0 aliphatic heterocycles. The summed E-state index contributed by atoms with van der Waals surface area (Å²) in [6.45, 7) is 0. The van der Waals surface area contributed by atoms with E-state index in [0.717, 1.165) is 0 Å². The Morgan fingerprint density at radius 3 is 2.79 bits per heavy atom. The fourth-order valence-electron chi connectivity index (χ4n) is 0.756. The largest absolute Gasteiger partial charge is 0.506 e. The Labute approximate surface area is 80.0 Å². The van der Waals surface area contributed by atoms with Gasteiger partial charge in [0.05, 0.1) is 5.69 Å². The maximum absolute atomic E-state index is 9.28. The van der Waals surface area contributed by atoms with Crippen LogP contribution in [0.25, 0.3) is 0 Å². The van der Waals surface area contributed by atoms with Crippen molar-refractivity contribution in [3.05, 3.63) is 24.3 Å². The lowest BCUT2D eigenvalue weighted by Gasteiger charge is -2.01. The van der Waals surface area contributed by atoms with Crippen molar-refractivity contribution in [3.8, 4) is 11.8 Å². The minimum absolute atomic E-state index is 0.0125. The number of hydrogen-bond acceptors (Lipinski definition) is 5. The molecule has 0 radical (unpaired) electrons. The molecule has 14 heavy (non-hydrogen) atoms. The van der Waals surface area contributed by atoms with Crippen molar-refractivity contribution >= 4 is 11.5 Å². The Morgan fingerprint density at radius 1 is 1.50 bits per heavy atom. The molecule has 1 rings (SSSR count). The molecule has 1 aromatic rings. The molecule has 0 fully saturated rings. The maximum Gasteiger partial charge on any atom is 0.269 e. The first-order valence-corrected chi connectivity index (χ1v) is 3.67. The van der Waals surface area contributed by atoms with Gasteiger partial charge >= 0.3 is 0 Å². The summed E-state index contributed by atoms with van der Waals surface area (Å²) in [5.74, 6) is -0.299. The fraction of sp³-hybridized carbons (Fsp3) is 0. The van der Waals surface area contributed by atoms with E-state index >= 15 is 0 Å². The lowest BCUT2D eigenvalue weighted by molar-refractivity contribution is 0.477. The molecule has 0 saturated heterocycles. The van der Waals surface area contributed by atoms with Gasteiger partial charge in [0.2, 0.25) is 0 Å². The van der Waals surface area contributed by atoms with Gasteiger partial charge in [-0.3, -0.25) is 5.43 Å². The van der Waals surface area contributed by atoms with Crippen LogP contribution >= 0.6 is 0 Å². The number of para-hydroxylation sites is 2. The number of aromatic hydroxyl groups is 1. The number of anilines is 1. The van der Waals surface area contributed by atoms with Crippen LogP contribution in [0.2, 0.25) is 0 Å². The number of nitriles is 1. The molecule has 0 unspecified atom stereocenters. The van der Waals surface area contributed by atoms with E-state index in [4.69, 9.17) is 10.8 Å². The third-order valence-electron chi connectivity index (χ3n) is 1.39. The Kier molecular flexibility index (Phi) is 3.15. The number of phenols is 1. The second-order valence-corrected chi connectivity index (χ2v) is 2.29. The van der Waals surface area contributed by atoms with Crippen molar-refractivity contribution in [3.63, 3.8) is 0 Å². The highest BCUT2D eigenvalue weighted by Gasteiger charge is 1.97. The maximum atomic E-state index is 9.28. The van der Waals surface area contributed by atoms with Crippen molar-refractivity contribution < 1.29 is 5.11 Å². The highest BCUT2D eigenvalue weighted by atomic mass is 16.3. The van der Waals surface area contributed by atoms with Gasteiger partial charge in [0.15, 0.2) is 0 Å². The van der Waals surface area contributed by atoms with Crippen LogP contribution in [0.1, 0.15) is 0 Å². The number of nitrogens with one attached hydrogen (secondary N) is 2. The molecule has 70 valence electrons. The molecule has 0 heterocycles. The third kappa shape index (κ3) is 2.28. The summed E-state index contributed by atoms with van der Waals surface area (Å²) in [7, 11) is 0. The number of rotatable bonds is 2. The minimum Gasteiger partial charge on any atom is -0.506 e. The molecule has 0 aliphatic carbocycles. The van der Waals surface area contributed by atoms with Crippen LogP contribution in [0.5, 0.6) is 5.75 Å². The second-order valence-electron chi connectivity index (χ2n) is 2.29. The van der Waals surface area contributed by atoms with Gasteiger partial charge in [-0.05, 0) is 12.1 Å². The second kappa shape index (κ2) is 4.57. The smallest absolute Gasteiger partial charge is 0.269 e. The van der Waals surface area contributed by atoms with E-state index in [2.05, 4.69) is 15.6 Å². The first kappa shape index (κ1) is 9.67. The summed E-state index contributed by atoms with van der Waals surface area (Å²) in [4.78, 5) is 0. The molecule has 0 aliphatic rings. The van der Waals surface area contributed by atoms with Crippen molar-refractivity contribution in [2.75, 3.05) is 5.43 Å². The number of hydrazone groups is 1. The van der Waals surface area contributed by atoms with E-state index in [1.165, 1.54) is 6.07 Å². The van der Waals surface area contributed by atoms with E-state index < -0.39 is 0 Å². The van der Waals surface area contributed by atoms with Gasteiger partial charge in [0.1, 0.15) is 11.8 Å². The average molecular weight is 189 g/mol. The first-order valence-electron chi connectivity index (χ1n) is 3.67. The zero-order chi connectivity index (χ0) is 10.4. The summed E-state index contributed by atoms with van der Waals surface area (Å²) >= 11 is 0. The van der Waals surface area contributed by atoms with Gasteiger partial charge in [-0.2, -0.15) is 5.26 Å². The van der Waals surface area contributed by atoms with Crippen LogP contribution in [0.4, 0.5) is 5.69 Å². The number of nitrogens with zero attached hydrogens (tertiary/aromatic N) is 3. The Hall–Kier alpha value is -2.42. The zero-order valence-electron chi connectivity index (χ0n) is 7.10. The van der Waals surface area contributed by atoms with Gasteiger partial charge in [-0.25, -0.2) is 5.53 Å². The van der Waals surface area contributed by atoms with E-state index in [1.54, 1.807) is 24.3 Å². The van der Waals surface area contributed by atoms with Gasteiger partial charge < -0.3 is 5.11 Å². The Bertz CT molecular complexity index is 406. The van der Waals surface area contributed by atoms with Gasteiger partial charge in [0.25, 0.3) is 5.84 Å². The van der Waals surface area contributed by atoms with Crippen LogP contribution in [0.15, 0.2) is 34.5 Å². The summed E-state index contributed by atoms with van der Waals surface area (Å²) in [6, 6.07) is 8.00. The molecule has 0 spiro atoms. The number of phenolic OH excluding ortho intramolecular Hbond substituents is 1. The molecule has 6 heteroatoms. The third-order valence-corrected chi connectivity index (χ3v) is 1.39. The van der Waals surface area contributed by atoms with Gasteiger partial charge in [0, 0.05) is 0 Å². The molecule has 6 nitrogen and oxygen atoms in total. The summed E-state index contributed by atoms with van der Waals surface area (Å²) in [5.41, 5.74) is 9.32. The van der Waals surface area contributed by atoms with Crippen molar-refractivity contribution in [2.45, 2.75) is 0 Å². The zero-order valence-corrected chi connectivity index (χ0v) is 7.10. The highest BCUT2D eigenvalue weighted by molar-refractivity contribution is 5.97. The van der Waals surface area contributed by atoms with Gasteiger partial charge in [-0.1, -0.05) is 12.1 Å². The summed E-state index contributed by atoms with van der Waals surface area (Å²) in [5, 5.41) is 24.0. The number of amidine groups is 1. The molecule has 0 bridgehead atoms. The standard InChI is InChI=1S/C8H7N5O/c9-5-8(11-10)13-12-6-3-1-2-4-7(6)14/h1-4,10,12,14H. The monoisotopic (exact) mass is 189 g/mol. The normalized spacial score (nSPS) is 10.4. The predicted molar refractivity (Wildman–Crippen MR) is 49.9 cm³/mol. The number of benzene rings is 1. The lowest BCUT2D eigenvalue weighted by atomic mass is 10.3. The van der Waals surface area contributed by atoms with Gasteiger partial charge in [-0.15, -0.1) is 10.2 Å². The van der Waals surface area contributed by atoms with Crippen LogP contribution < -0.4 is 5.43 Å². The van der Waals surface area contributed by atoms with Crippen molar-refractivity contribution in [1.29, 1.82) is 10.8 Å². The Morgan fingerprint density at radius 2 is 2.21 bits per heavy atom. The van der Waals surface area contributed by atoms with Crippen LogP contribution in [-0.4, -0.2) is 10.9 Å². The predicted octanol–water partition coefficient (Wildman–Crippen LogP) is 1.67. The summed E-state index contributed by atoms with van der Waals surface area (Å²) < 4.78 is 0. The van der Waals surface area contributed by atoms with E-state index in [-0.39, 0.29) is 11.6 Å². The average Bonchev–Trinajstić information content (AvgIpc) is 2.22. The molecule has 0 atom stereocenters. The van der Waals surface area contributed by atoms with Crippen LogP contribution in [0.3, 0.4) is 0 Å². The molecule has 3 N–H and O–H groups in total. The fourth-order valence-corrected chi connectivity index (χ4v) is 0.756. The first-order chi connectivity index (χ1) is 6.77. The minimum atomic E-state index is -0.312. The van der Waals surface area contributed by atoms with Crippen LogP contribution in [0, 0.1) is 16.9 Å². The molecule has 0 amide bonds. The van der Waals surface area contributed by atoms with Crippen LogP contribution in [-0.2, 0) is 0 Å². The van der Waals surface area contributed by atoms with Crippen molar-refractivity contribution in [2.24, 2.45) is 10.2 Å². The summed E-state index contributed by atoms with van der Waals surface area (Å²) in [6.07, 6.45) is 0. The van der Waals surface area contributed by atoms with E-state index in [0.29, 0.717) is 5.69 Å². The van der Waals surface area contributed by atoms with E-state index in [1.807, 2.05) is 0 Å².